The van der Waals surface area contributed by atoms with E-state index in [0.717, 1.165) is 49.8 Å². The van der Waals surface area contributed by atoms with Gasteiger partial charge in [0.25, 0.3) is 0 Å². The molecule has 23 heavy (non-hydrogen) atoms. The van der Waals surface area contributed by atoms with E-state index < -0.39 is 0 Å². The number of rotatable bonds is 6. The van der Waals surface area contributed by atoms with Crippen LogP contribution >= 0.6 is 15.9 Å². The molecule has 0 amide bonds. The molecule has 2 N–H and O–H groups in total. The molecular weight excluding hydrogens is 356 g/mol. The van der Waals surface area contributed by atoms with E-state index >= 15 is 0 Å². The van der Waals surface area contributed by atoms with Gasteiger partial charge in [0.15, 0.2) is 5.96 Å². The Morgan fingerprint density at radius 3 is 2.61 bits per heavy atom. The molecule has 0 aromatic heterocycles. The topological polar surface area (TPSA) is 48.9 Å². The second-order valence-electron chi connectivity index (χ2n) is 5.70. The maximum absolute atomic E-state index is 5.41. The first-order chi connectivity index (χ1) is 11.2. The number of morpholine rings is 1. The Balaban J connectivity index is 1.84. The molecule has 1 unspecified atom stereocenters. The van der Waals surface area contributed by atoms with Crippen molar-refractivity contribution >= 4 is 21.9 Å². The monoisotopic (exact) mass is 382 g/mol. The molecule has 0 aliphatic carbocycles. The maximum atomic E-state index is 5.41. The summed E-state index contributed by atoms with van der Waals surface area (Å²) in [6, 6.07) is 8.74. The zero-order chi connectivity index (χ0) is 16.5. The molecule has 1 aromatic carbocycles. The Morgan fingerprint density at radius 2 is 1.96 bits per heavy atom. The average Bonchev–Trinajstić information content (AvgIpc) is 2.59. The van der Waals surface area contributed by atoms with Crippen molar-refractivity contribution in [3.05, 3.63) is 34.3 Å². The molecule has 1 aliphatic rings. The molecule has 5 nitrogen and oxygen atoms in total. The largest absolute Gasteiger partial charge is 0.379 e. The van der Waals surface area contributed by atoms with Crippen LogP contribution in [0.4, 0.5) is 0 Å². The first-order valence-corrected chi connectivity index (χ1v) is 9.06. The highest BCUT2D eigenvalue weighted by molar-refractivity contribution is 9.10. The molecule has 0 spiro atoms. The summed E-state index contributed by atoms with van der Waals surface area (Å²) in [5.74, 6) is 0.871. The summed E-state index contributed by atoms with van der Waals surface area (Å²) in [6.07, 6.45) is 0. The number of nitrogens with zero attached hydrogens (tertiary/aromatic N) is 2. The van der Waals surface area contributed by atoms with E-state index in [1.54, 1.807) is 0 Å². The molecular formula is C17H27BrN4O. The summed E-state index contributed by atoms with van der Waals surface area (Å²) >= 11 is 3.45. The highest BCUT2D eigenvalue weighted by Gasteiger charge is 2.16. The zero-order valence-corrected chi connectivity index (χ0v) is 15.6. The lowest BCUT2D eigenvalue weighted by molar-refractivity contribution is 0.0211. The number of aliphatic imine (C=N–C) groups is 1. The van der Waals surface area contributed by atoms with Crippen LogP contribution in [-0.2, 0) is 11.3 Å². The fourth-order valence-corrected chi connectivity index (χ4v) is 2.76. The van der Waals surface area contributed by atoms with Crippen LogP contribution in [0.2, 0.25) is 0 Å². The lowest BCUT2D eigenvalue weighted by atomic mass is 10.2. The predicted octanol–water partition coefficient (Wildman–Crippen LogP) is 2.22. The smallest absolute Gasteiger partial charge is 0.191 e. The van der Waals surface area contributed by atoms with Gasteiger partial charge in [-0.1, -0.05) is 28.1 Å². The molecule has 1 aromatic rings. The Bertz CT molecular complexity index is 486. The molecule has 1 saturated heterocycles. The van der Waals surface area contributed by atoms with E-state index in [1.807, 2.05) is 12.1 Å². The van der Waals surface area contributed by atoms with Gasteiger partial charge in [-0.3, -0.25) is 4.90 Å². The van der Waals surface area contributed by atoms with Crippen molar-refractivity contribution in [1.82, 2.24) is 15.5 Å². The van der Waals surface area contributed by atoms with Gasteiger partial charge in [-0.2, -0.15) is 0 Å². The third-order valence-electron chi connectivity index (χ3n) is 3.91. The lowest BCUT2D eigenvalue weighted by Crippen LogP contribution is -2.49. The molecule has 1 heterocycles. The highest BCUT2D eigenvalue weighted by atomic mass is 79.9. The standard InChI is InChI=1S/C17H27BrN4O/c1-3-19-17(21-13-15-4-6-16(18)7-5-15)20-12-14(2)22-8-10-23-11-9-22/h4-7,14H,3,8-13H2,1-2H3,(H2,19,20,21). The minimum atomic E-state index is 0.468. The summed E-state index contributed by atoms with van der Waals surface area (Å²) in [5, 5.41) is 6.76. The first kappa shape index (κ1) is 18.2. The van der Waals surface area contributed by atoms with Crippen LogP contribution in [0.15, 0.2) is 33.7 Å². The minimum Gasteiger partial charge on any atom is -0.379 e. The number of nitrogens with one attached hydrogen (secondary N) is 2. The van der Waals surface area contributed by atoms with Gasteiger partial charge in [0.2, 0.25) is 0 Å². The summed E-state index contributed by atoms with van der Waals surface area (Å²) in [6.45, 7) is 10.4. The molecule has 128 valence electrons. The summed E-state index contributed by atoms with van der Waals surface area (Å²) in [7, 11) is 0. The Hall–Kier alpha value is -1.11. The molecule has 6 heteroatoms. The fraction of sp³-hybridized carbons (Fsp3) is 0.588. The maximum Gasteiger partial charge on any atom is 0.191 e. The van der Waals surface area contributed by atoms with Gasteiger partial charge in [0, 0.05) is 36.7 Å². The van der Waals surface area contributed by atoms with E-state index in [4.69, 9.17) is 4.74 Å². The first-order valence-electron chi connectivity index (χ1n) is 8.27. The second kappa shape index (κ2) is 9.90. The molecule has 0 bridgehead atoms. The van der Waals surface area contributed by atoms with E-state index in [2.05, 4.69) is 62.4 Å². The Labute approximate surface area is 147 Å². The summed E-state index contributed by atoms with van der Waals surface area (Å²) in [5.41, 5.74) is 1.20. The number of guanidine groups is 1. The Kier molecular flexibility index (Phi) is 7.85. The summed E-state index contributed by atoms with van der Waals surface area (Å²) in [4.78, 5) is 7.12. The van der Waals surface area contributed by atoms with Crippen LogP contribution in [0.25, 0.3) is 0 Å². The van der Waals surface area contributed by atoms with Crippen LogP contribution in [0.1, 0.15) is 19.4 Å². The molecule has 1 aliphatic heterocycles. The number of ether oxygens (including phenoxy) is 1. The van der Waals surface area contributed by atoms with Crippen LogP contribution in [0.5, 0.6) is 0 Å². The quantitative estimate of drug-likeness (QED) is 0.584. The van der Waals surface area contributed by atoms with Crippen LogP contribution in [0.3, 0.4) is 0 Å². The number of halogens is 1. The van der Waals surface area contributed by atoms with Crippen molar-refractivity contribution < 1.29 is 4.74 Å². The fourth-order valence-electron chi connectivity index (χ4n) is 2.49. The number of hydrogen-bond donors (Lipinski definition) is 2. The van der Waals surface area contributed by atoms with Gasteiger partial charge < -0.3 is 15.4 Å². The van der Waals surface area contributed by atoms with Gasteiger partial charge in [-0.25, -0.2) is 4.99 Å². The minimum absolute atomic E-state index is 0.468. The highest BCUT2D eigenvalue weighted by Crippen LogP contribution is 2.11. The van der Waals surface area contributed by atoms with Crippen LogP contribution in [0, 0.1) is 0 Å². The molecule has 1 atom stereocenters. The molecule has 2 rings (SSSR count). The van der Waals surface area contributed by atoms with Crippen molar-refractivity contribution in [3.8, 4) is 0 Å². The van der Waals surface area contributed by atoms with Crippen molar-refractivity contribution in [2.45, 2.75) is 26.4 Å². The van der Waals surface area contributed by atoms with Gasteiger partial charge in [-0.05, 0) is 31.5 Å². The van der Waals surface area contributed by atoms with Crippen molar-refractivity contribution in [2.75, 3.05) is 39.4 Å². The van der Waals surface area contributed by atoms with E-state index in [1.165, 1.54) is 5.56 Å². The normalized spacial score (nSPS) is 17.8. The van der Waals surface area contributed by atoms with E-state index in [0.29, 0.717) is 12.6 Å². The van der Waals surface area contributed by atoms with E-state index in [-0.39, 0.29) is 0 Å². The van der Waals surface area contributed by atoms with E-state index in [9.17, 15) is 0 Å². The molecule has 1 fully saturated rings. The SMILES string of the molecule is CCNC(=NCc1ccc(Br)cc1)NCC(C)N1CCOCC1. The van der Waals surface area contributed by atoms with Gasteiger partial charge in [-0.15, -0.1) is 0 Å². The number of benzene rings is 1. The predicted molar refractivity (Wildman–Crippen MR) is 98.8 cm³/mol. The van der Waals surface area contributed by atoms with Gasteiger partial charge in [0.05, 0.1) is 19.8 Å². The average molecular weight is 383 g/mol. The van der Waals surface area contributed by atoms with Crippen LogP contribution in [-0.4, -0.2) is 56.3 Å². The number of hydrogen-bond acceptors (Lipinski definition) is 3. The van der Waals surface area contributed by atoms with Crippen molar-refractivity contribution in [2.24, 2.45) is 4.99 Å². The summed E-state index contributed by atoms with van der Waals surface area (Å²) < 4.78 is 6.50. The third-order valence-corrected chi connectivity index (χ3v) is 4.44. The van der Waals surface area contributed by atoms with Crippen molar-refractivity contribution in [1.29, 1.82) is 0 Å². The zero-order valence-electron chi connectivity index (χ0n) is 14.0. The second-order valence-corrected chi connectivity index (χ2v) is 6.62. The van der Waals surface area contributed by atoms with Crippen LogP contribution < -0.4 is 10.6 Å². The Morgan fingerprint density at radius 1 is 1.26 bits per heavy atom. The van der Waals surface area contributed by atoms with Gasteiger partial charge >= 0.3 is 0 Å². The third kappa shape index (κ3) is 6.49. The van der Waals surface area contributed by atoms with Crippen molar-refractivity contribution in [3.63, 3.8) is 0 Å². The lowest BCUT2D eigenvalue weighted by Gasteiger charge is -2.32. The molecule has 0 saturated carbocycles. The van der Waals surface area contributed by atoms with Gasteiger partial charge in [0.1, 0.15) is 0 Å². The molecule has 0 radical (unpaired) electrons.